The number of nitrogens with one attached hydrogen (secondary N) is 4. The van der Waals surface area contributed by atoms with Crippen LogP contribution in [-0.4, -0.2) is 135 Å². The van der Waals surface area contributed by atoms with Crippen molar-refractivity contribution in [1.29, 1.82) is 0 Å². The zero-order valence-electron chi connectivity index (χ0n) is 61.5. The van der Waals surface area contributed by atoms with Gasteiger partial charge in [0.15, 0.2) is 0 Å². The largest absolute Gasteiger partial charge is 0.497 e. The van der Waals surface area contributed by atoms with Gasteiger partial charge in [-0.3, -0.25) is 44.8 Å². The first-order chi connectivity index (χ1) is 52.7. The summed E-state index contributed by atoms with van der Waals surface area (Å²) < 4.78 is 120. The zero-order chi connectivity index (χ0) is 79.9. The molecule has 27 nitrogen and oxygen atoms in total. The molecule has 0 radical (unpaired) electrons. The van der Waals surface area contributed by atoms with E-state index >= 15 is 0 Å². The summed E-state index contributed by atoms with van der Waals surface area (Å²) in [6, 6.07) is 52.9. The van der Waals surface area contributed by atoms with Gasteiger partial charge in [-0.1, -0.05) is 113 Å². The number of carbonyl (C=O) groups is 5. The van der Waals surface area contributed by atoms with Gasteiger partial charge in [-0.05, 0) is 207 Å². The first-order valence-corrected chi connectivity index (χ1v) is 41.1. The van der Waals surface area contributed by atoms with Gasteiger partial charge in [0.05, 0.1) is 33.1 Å². The van der Waals surface area contributed by atoms with Crippen LogP contribution in [0.25, 0.3) is 11.1 Å². The van der Waals surface area contributed by atoms with Crippen molar-refractivity contribution < 1.29 is 87.9 Å². The molecule has 14 rings (SSSR count). The third-order valence-corrected chi connectivity index (χ3v) is 27.3. The van der Waals surface area contributed by atoms with Gasteiger partial charge in [-0.15, -0.1) is 0 Å². The molecular formula is C80H84N8O19S4. The van der Waals surface area contributed by atoms with E-state index in [0.717, 1.165) is 72.5 Å². The number of hydrogen-bond donors (Lipinski definition) is 8. The quantitative estimate of drug-likeness (QED) is 0.0205. The fourth-order valence-electron chi connectivity index (χ4n) is 13.4. The second-order valence-corrected chi connectivity index (χ2v) is 36.0. The molecule has 582 valence electrons. The number of benzene rings is 9. The molecule has 0 aliphatic carbocycles. The highest BCUT2D eigenvalue weighted by Crippen LogP contribution is 2.35. The molecule has 0 aromatic heterocycles. The van der Waals surface area contributed by atoms with Crippen molar-refractivity contribution in [2.75, 3.05) is 33.3 Å². The van der Waals surface area contributed by atoms with Crippen molar-refractivity contribution >= 4 is 69.7 Å². The number of nitrogens with zero attached hydrogens (tertiary/aromatic N) is 4. The Balaban J connectivity index is 0.000000147. The van der Waals surface area contributed by atoms with Crippen molar-refractivity contribution in [3.8, 4) is 22.6 Å². The predicted octanol–water partition coefficient (Wildman–Crippen LogP) is 9.77. The highest BCUT2D eigenvalue weighted by Gasteiger charge is 2.35. The van der Waals surface area contributed by atoms with Crippen molar-refractivity contribution in [2.45, 2.75) is 124 Å². The summed E-state index contributed by atoms with van der Waals surface area (Å²) in [5, 5.41) is 35.0. The molecule has 0 saturated heterocycles. The van der Waals surface area contributed by atoms with Crippen molar-refractivity contribution in [1.82, 2.24) is 39.1 Å². The van der Waals surface area contributed by atoms with Crippen LogP contribution in [0.5, 0.6) is 11.5 Å². The maximum atomic E-state index is 13.2. The lowest BCUT2D eigenvalue weighted by molar-refractivity contribution is -0.131. The van der Waals surface area contributed by atoms with E-state index in [-0.39, 0.29) is 65.0 Å². The Morgan fingerprint density at radius 2 is 0.694 bits per heavy atom. The summed E-state index contributed by atoms with van der Waals surface area (Å²) in [4.78, 5) is 58.4. The molecule has 0 bridgehead atoms. The maximum absolute atomic E-state index is 13.2. The molecule has 0 unspecified atom stereocenters. The predicted molar refractivity (Wildman–Crippen MR) is 408 cm³/mol. The van der Waals surface area contributed by atoms with Gasteiger partial charge in [0, 0.05) is 86.2 Å². The van der Waals surface area contributed by atoms with E-state index in [4.69, 9.17) is 30.3 Å². The first kappa shape index (κ1) is 81.6. The monoisotopic (exact) mass is 1590 g/mol. The summed E-state index contributed by atoms with van der Waals surface area (Å²) in [5.41, 5.74) is 19.5. The molecule has 0 atom stereocenters. The number of methoxy groups -OCH3 is 1. The number of sulfonamides is 4. The number of esters is 1. The van der Waals surface area contributed by atoms with Gasteiger partial charge in [0.2, 0.25) is 40.1 Å². The highest BCUT2D eigenvalue weighted by molar-refractivity contribution is 7.90. The molecular weight excluding hydrogens is 1510 g/mol. The Kier molecular flexibility index (Phi) is 25.0. The maximum Gasteiger partial charge on any atom is 0.315 e. The fraction of sp³-hybridized carbons (Fsp3) is 0.263. The Morgan fingerprint density at radius 1 is 0.396 bits per heavy atom. The summed E-state index contributed by atoms with van der Waals surface area (Å²) in [7, 11) is -12.9. The fourth-order valence-corrected chi connectivity index (χ4v) is 19.0. The lowest BCUT2D eigenvalue weighted by atomic mass is 9.87. The van der Waals surface area contributed by atoms with Gasteiger partial charge in [-0.25, -0.2) is 55.6 Å². The lowest BCUT2D eigenvalue weighted by Gasteiger charge is -2.28. The van der Waals surface area contributed by atoms with E-state index in [2.05, 4.69) is 34.6 Å². The standard InChI is InChI=1S/C23H22N2O5S.C20H24N2O4S.C19H22N2O4S.C18H16N2O6S/c1-30-21-8-4-16(5-9-21)17-6-10-22(11-7-17)31(28,29)25-13-12-18-14-19(23(26)24-27)2-3-20(18)15-25;1-20(2,3)17-6-8-18(9-7-17)27(25,26)22-11-10-14-12-15(19(23)21-24)4-5-16(14)13-22;1-13(2)14-5-7-18(8-6-14)26(24,25)21-10-9-15-11-16(19(22)20-23)3-4-17(15)12-21;21-17-8-12-3-4-15(9-16(12)26-17)27(24,25)20-6-5-11-7-13(18(22)19-23)1-2-14(11)10-20/h2-11,14,27H,12-13,15H2,1H3,(H,24,26);4-9,12,24H,10-11,13H2,1-3H3,(H,21,23);3-8,11,13,23H,9-10,12H2,1-2H3,(H,20,22);1-4,7,9,23H,5-6,8,10H2,(H,19,22). The van der Waals surface area contributed by atoms with Crippen LogP contribution in [0.4, 0.5) is 0 Å². The number of carbonyl (C=O) groups excluding carboxylic acids is 5. The van der Waals surface area contributed by atoms with Gasteiger partial charge in [0.1, 0.15) is 11.5 Å². The Labute approximate surface area is 644 Å². The molecule has 0 fully saturated rings. The number of ether oxygens (including phenoxy) is 2. The van der Waals surface area contributed by atoms with Crippen LogP contribution in [-0.2, 0) is 109 Å². The van der Waals surface area contributed by atoms with E-state index < -0.39 is 69.7 Å². The SMILES string of the molecule is CC(C)(C)c1ccc(S(=O)(=O)N2CCc3cc(C(=O)NO)ccc3C2)cc1.CC(C)c1ccc(S(=O)(=O)N2CCc3cc(C(=O)NO)ccc3C2)cc1.COc1ccc(-c2ccc(S(=O)(=O)N3CCc4cc(C(=O)NO)ccc4C3)cc2)cc1.O=C1Cc2ccc(S(=O)(=O)N3CCc4cc(C(=O)NO)ccc4C3)cc2O1. The molecule has 9 aromatic carbocycles. The summed E-state index contributed by atoms with van der Waals surface area (Å²) in [6.07, 6.45) is 2.12. The molecule has 31 heteroatoms. The summed E-state index contributed by atoms with van der Waals surface area (Å²) in [5.74, 6) is -1.35. The van der Waals surface area contributed by atoms with Crippen molar-refractivity contribution in [2.24, 2.45) is 0 Å². The molecule has 5 aliphatic heterocycles. The molecule has 0 spiro atoms. The van der Waals surface area contributed by atoms with Gasteiger partial charge >= 0.3 is 5.97 Å². The van der Waals surface area contributed by atoms with E-state index in [9.17, 15) is 57.6 Å². The van der Waals surface area contributed by atoms with Gasteiger partial charge in [0.25, 0.3) is 23.6 Å². The van der Waals surface area contributed by atoms with Gasteiger partial charge < -0.3 is 9.47 Å². The smallest absolute Gasteiger partial charge is 0.315 e. The van der Waals surface area contributed by atoms with Crippen molar-refractivity contribution in [3.05, 3.63) is 272 Å². The molecule has 111 heavy (non-hydrogen) atoms. The molecule has 4 amide bonds. The number of amides is 4. The number of hydroxylamine groups is 4. The second kappa shape index (κ2) is 34.1. The van der Waals surface area contributed by atoms with Crippen molar-refractivity contribution in [3.63, 3.8) is 0 Å². The second-order valence-electron chi connectivity index (χ2n) is 28.2. The van der Waals surface area contributed by atoms with E-state index in [1.807, 2.05) is 48.5 Å². The van der Waals surface area contributed by atoms with Crippen LogP contribution < -0.4 is 31.4 Å². The molecule has 5 heterocycles. The minimum absolute atomic E-state index is 0.0368. The van der Waals surface area contributed by atoms with Crippen LogP contribution in [0.1, 0.15) is 143 Å². The topological polar surface area (TPSA) is 382 Å². The third kappa shape index (κ3) is 18.5. The minimum atomic E-state index is -3.75. The minimum Gasteiger partial charge on any atom is -0.497 e. The Bertz CT molecular complexity index is 5510. The highest BCUT2D eigenvalue weighted by atomic mass is 32.2. The van der Waals surface area contributed by atoms with Crippen LogP contribution in [0.15, 0.2) is 208 Å². The molecule has 9 aromatic rings. The van der Waals surface area contributed by atoms with Crippen LogP contribution in [0.3, 0.4) is 0 Å². The average Bonchev–Trinajstić information content (AvgIpc) is 1.72. The Morgan fingerprint density at radius 3 is 1.01 bits per heavy atom. The number of rotatable bonds is 15. The lowest BCUT2D eigenvalue weighted by Crippen LogP contribution is -2.36. The molecule has 8 N–H and O–H groups in total. The summed E-state index contributed by atoms with van der Waals surface area (Å²) in [6.45, 7) is 12.6. The molecule has 5 aliphatic rings. The zero-order valence-corrected chi connectivity index (χ0v) is 64.8. The van der Waals surface area contributed by atoms with E-state index in [0.29, 0.717) is 83.9 Å². The van der Waals surface area contributed by atoms with Gasteiger partial charge in [-0.2, -0.15) is 17.2 Å². The normalized spacial score (nSPS) is 15.1. The average molecular weight is 1590 g/mol. The number of hydrogen-bond acceptors (Lipinski definition) is 19. The Hall–Kier alpha value is -10.4. The summed E-state index contributed by atoms with van der Waals surface area (Å²) >= 11 is 0. The first-order valence-electron chi connectivity index (χ1n) is 35.3. The molecule has 0 saturated carbocycles. The van der Waals surface area contributed by atoms with E-state index in [1.54, 1.807) is 150 Å². The van der Waals surface area contributed by atoms with Crippen LogP contribution in [0, 0.1) is 0 Å². The number of fused-ring (bicyclic) bond motifs is 5. The van der Waals surface area contributed by atoms with Crippen LogP contribution in [0.2, 0.25) is 0 Å². The van der Waals surface area contributed by atoms with E-state index in [1.165, 1.54) is 35.4 Å². The van der Waals surface area contributed by atoms with Crippen LogP contribution >= 0.6 is 0 Å². The third-order valence-electron chi connectivity index (χ3n) is 19.9.